The standard InChI is InChI=1S/C17H18ClN3.2ClH/c1-12-15(16-9-14(18)4-5-17(16)21-12)6-8-20-11-13-3-2-7-19-10-13;;/h2-5,7,9-10,20-21H,6,8,11H2,1H3;2*1H. The fourth-order valence-corrected chi connectivity index (χ4v) is 2.80. The maximum Gasteiger partial charge on any atom is 0.0459 e. The summed E-state index contributed by atoms with van der Waals surface area (Å²) in [4.78, 5) is 7.53. The van der Waals surface area contributed by atoms with Gasteiger partial charge in [0, 0.05) is 40.6 Å². The number of hydrogen-bond donors (Lipinski definition) is 2. The topological polar surface area (TPSA) is 40.7 Å². The average Bonchev–Trinajstić information content (AvgIpc) is 2.80. The normalized spacial score (nSPS) is 10.2. The van der Waals surface area contributed by atoms with Crippen molar-refractivity contribution in [3.8, 4) is 0 Å². The van der Waals surface area contributed by atoms with Crippen molar-refractivity contribution in [1.82, 2.24) is 15.3 Å². The van der Waals surface area contributed by atoms with E-state index in [1.165, 1.54) is 22.2 Å². The third-order valence-electron chi connectivity index (χ3n) is 3.69. The summed E-state index contributed by atoms with van der Waals surface area (Å²) in [6, 6.07) is 10.0. The first-order valence-electron chi connectivity index (χ1n) is 7.10. The highest BCUT2D eigenvalue weighted by molar-refractivity contribution is 6.31. The van der Waals surface area contributed by atoms with Gasteiger partial charge in [-0.1, -0.05) is 17.7 Å². The zero-order valence-corrected chi connectivity index (χ0v) is 15.2. The molecule has 3 rings (SSSR count). The SMILES string of the molecule is Cc1[nH]c2ccc(Cl)cc2c1CCNCc1cccnc1.Cl.Cl. The van der Waals surface area contributed by atoms with Crippen LogP contribution < -0.4 is 5.32 Å². The summed E-state index contributed by atoms with van der Waals surface area (Å²) in [6.07, 6.45) is 4.67. The first-order valence-corrected chi connectivity index (χ1v) is 7.48. The van der Waals surface area contributed by atoms with E-state index in [0.29, 0.717) is 0 Å². The fourth-order valence-electron chi connectivity index (χ4n) is 2.63. The minimum atomic E-state index is 0. The Kier molecular flexibility index (Phi) is 7.86. The van der Waals surface area contributed by atoms with E-state index in [9.17, 15) is 0 Å². The highest BCUT2D eigenvalue weighted by Crippen LogP contribution is 2.25. The molecule has 2 N–H and O–H groups in total. The monoisotopic (exact) mass is 371 g/mol. The van der Waals surface area contributed by atoms with Gasteiger partial charge < -0.3 is 10.3 Å². The molecule has 0 saturated carbocycles. The molecule has 3 aromatic rings. The fraction of sp³-hybridized carbons (Fsp3) is 0.235. The molecule has 124 valence electrons. The first kappa shape index (κ1) is 19.8. The van der Waals surface area contributed by atoms with Crippen LogP contribution in [0, 0.1) is 6.92 Å². The van der Waals surface area contributed by atoms with E-state index in [0.717, 1.165) is 30.0 Å². The Labute approximate surface area is 153 Å². The molecule has 0 aliphatic heterocycles. The Balaban J connectivity index is 0.00000132. The van der Waals surface area contributed by atoms with Gasteiger partial charge in [-0.3, -0.25) is 4.98 Å². The van der Waals surface area contributed by atoms with Gasteiger partial charge in [-0.25, -0.2) is 0 Å². The molecule has 0 atom stereocenters. The molecule has 0 bridgehead atoms. The van der Waals surface area contributed by atoms with Crippen molar-refractivity contribution < 1.29 is 0 Å². The minimum Gasteiger partial charge on any atom is -0.358 e. The molecular formula is C17H20Cl3N3. The summed E-state index contributed by atoms with van der Waals surface area (Å²) < 4.78 is 0. The van der Waals surface area contributed by atoms with Gasteiger partial charge in [0.2, 0.25) is 0 Å². The number of H-pyrrole nitrogens is 1. The second-order valence-corrected chi connectivity index (χ2v) is 5.64. The molecule has 0 amide bonds. The van der Waals surface area contributed by atoms with E-state index in [-0.39, 0.29) is 24.8 Å². The van der Waals surface area contributed by atoms with E-state index in [1.807, 2.05) is 30.5 Å². The number of aryl methyl sites for hydroxylation is 1. The van der Waals surface area contributed by atoms with E-state index < -0.39 is 0 Å². The Morgan fingerprint density at radius 3 is 2.78 bits per heavy atom. The number of nitrogens with zero attached hydrogens (tertiary/aromatic N) is 1. The molecule has 0 saturated heterocycles. The number of benzene rings is 1. The number of aromatic nitrogens is 2. The summed E-state index contributed by atoms with van der Waals surface area (Å²) in [6.45, 7) is 3.88. The lowest BCUT2D eigenvalue weighted by Crippen LogP contribution is -2.16. The van der Waals surface area contributed by atoms with Crippen LogP contribution in [-0.4, -0.2) is 16.5 Å². The molecule has 2 heterocycles. The molecule has 3 nitrogen and oxygen atoms in total. The molecule has 2 aromatic heterocycles. The van der Waals surface area contributed by atoms with Crippen molar-refractivity contribution in [2.24, 2.45) is 0 Å². The van der Waals surface area contributed by atoms with Crippen molar-refractivity contribution in [2.75, 3.05) is 6.54 Å². The predicted octanol–water partition coefficient (Wildman–Crippen LogP) is 4.70. The number of halogens is 3. The third-order valence-corrected chi connectivity index (χ3v) is 3.92. The van der Waals surface area contributed by atoms with Crippen LogP contribution in [0.5, 0.6) is 0 Å². The van der Waals surface area contributed by atoms with Crippen LogP contribution in [0.1, 0.15) is 16.8 Å². The zero-order chi connectivity index (χ0) is 14.7. The molecule has 1 aromatic carbocycles. The van der Waals surface area contributed by atoms with Gasteiger partial charge in [0.1, 0.15) is 0 Å². The Hall–Kier alpha value is -1.26. The van der Waals surface area contributed by atoms with Crippen molar-refractivity contribution >= 4 is 47.3 Å². The summed E-state index contributed by atoms with van der Waals surface area (Å²) in [7, 11) is 0. The van der Waals surface area contributed by atoms with E-state index >= 15 is 0 Å². The quantitative estimate of drug-likeness (QED) is 0.637. The molecule has 0 aliphatic carbocycles. The number of fused-ring (bicyclic) bond motifs is 1. The summed E-state index contributed by atoms with van der Waals surface area (Å²) >= 11 is 6.10. The summed E-state index contributed by atoms with van der Waals surface area (Å²) in [5.74, 6) is 0. The number of nitrogens with one attached hydrogen (secondary N) is 2. The van der Waals surface area contributed by atoms with Crippen LogP contribution in [0.3, 0.4) is 0 Å². The first-order chi connectivity index (χ1) is 10.2. The highest BCUT2D eigenvalue weighted by Gasteiger charge is 2.08. The molecule has 6 heteroatoms. The van der Waals surface area contributed by atoms with Crippen LogP contribution in [0.2, 0.25) is 5.02 Å². The van der Waals surface area contributed by atoms with Crippen LogP contribution in [0.15, 0.2) is 42.7 Å². The average molecular weight is 373 g/mol. The van der Waals surface area contributed by atoms with Crippen LogP contribution >= 0.6 is 36.4 Å². The molecule has 0 fully saturated rings. The Bertz CT molecular complexity index is 741. The van der Waals surface area contributed by atoms with Gasteiger partial charge in [-0.2, -0.15) is 0 Å². The van der Waals surface area contributed by atoms with E-state index in [4.69, 9.17) is 11.6 Å². The maximum atomic E-state index is 6.10. The van der Waals surface area contributed by atoms with Crippen molar-refractivity contribution in [2.45, 2.75) is 19.9 Å². The number of hydrogen-bond acceptors (Lipinski definition) is 2. The van der Waals surface area contributed by atoms with Crippen molar-refractivity contribution in [1.29, 1.82) is 0 Å². The summed E-state index contributed by atoms with van der Waals surface area (Å²) in [5.41, 5.74) is 4.91. The lowest BCUT2D eigenvalue weighted by atomic mass is 10.1. The third kappa shape index (κ3) is 4.85. The molecule has 0 spiro atoms. The second-order valence-electron chi connectivity index (χ2n) is 5.21. The van der Waals surface area contributed by atoms with E-state index in [2.05, 4.69) is 28.3 Å². The van der Waals surface area contributed by atoms with Crippen LogP contribution in [0.25, 0.3) is 10.9 Å². The van der Waals surface area contributed by atoms with Gasteiger partial charge in [-0.05, 0) is 55.3 Å². The van der Waals surface area contributed by atoms with Crippen molar-refractivity contribution in [3.05, 3.63) is 64.6 Å². The lowest BCUT2D eigenvalue weighted by Gasteiger charge is -2.05. The summed E-state index contributed by atoms with van der Waals surface area (Å²) in [5, 5.41) is 5.47. The molecular weight excluding hydrogens is 353 g/mol. The van der Waals surface area contributed by atoms with Crippen LogP contribution in [-0.2, 0) is 13.0 Å². The zero-order valence-electron chi connectivity index (χ0n) is 12.8. The lowest BCUT2D eigenvalue weighted by molar-refractivity contribution is 0.685. The van der Waals surface area contributed by atoms with Gasteiger partial charge >= 0.3 is 0 Å². The molecule has 0 radical (unpaired) electrons. The van der Waals surface area contributed by atoms with Gasteiger partial charge in [0.05, 0.1) is 0 Å². The van der Waals surface area contributed by atoms with Gasteiger partial charge in [0.25, 0.3) is 0 Å². The van der Waals surface area contributed by atoms with Crippen molar-refractivity contribution in [3.63, 3.8) is 0 Å². The molecule has 23 heavy (non-hydrogen) atoms. The second kappa shape index (κ2) is 9.14. The van der Waals surface area contributed by atoms with Gasteiger partial charge in [0.15, 0.2) is 0 Å². The predicted molar refractivity (Wildman–Crippen MR) is 102 cm³/mol. The maximum absolute atomic E-state index is 6.10. The van der Waals surface area contributed by atoms with Gasteiger partial charge in [-0.15, -0.1) is 24.8 Å². The van der Waals surface area contributed by atoms with Crippen LogP contribution in [0.4, 0.5) is 0 Å². The largest absolute Gasteiger partial charge is 0.358 e. The molecule has 0 aliphatic rings. The molecule has 0 unspecified atom stereocenters. The number of aromatic amines is 1. The Morgan fingerprint density at radius 2 is 2.04 bits per heavy atom. The smallest absolute Gasteiger partial charge is 0.0459 e. The van der Waals surface area contributed by atoms with E-state index in [1.54, 1.807) is 6.20 Å². The highest BCUT2D eigenvalue weighted by atomic mass is 35.5. The number of rotatable bonds is 5. The Morgan fingerprint density at radius 1 is 1.22 bits per heavy atom. The minimum absolute atomic E-state index is 0. The number of pyridine rings is 1.